The molecule has 0 aromatic carbocycles. The van der Waals surface area contributed by atoms with Crippen LogP contribution in [0.2, 0.25) is 0 Å². The lowest BCUT2D eigenvalue weighted by Crippen LogP contribution is -2.41. The number of methoxy groups -OCH3 is 1. The van der Waals surface area contributed by atoms with Crippen molar-refractivity contribution in [1.82, 2.24) is 15.2 Å². The highest BCUT2D eigenvalue weighted by molar-refractivity contribution is 5.96. The average molecular weight is 261 g/mol. The van der Waals surface area contributed by atoms with Gasteiger partial charge in [-0.15, -0.1) is 0 Å². The van der Waals surface area contributed by atoms with Gasteiger partial charge in [0.1, 0.15) is 5.56 Å². The maximum atomic E-state index is 12.5. The number of piperidine rings is 1. The van der Waals surface area contributed by atoms with Crippen LogP contribution in [0.5, 0.6) is 5.88 Å². The number of rotatable bonds is 2. The molecule has 2 aliphatic heterocycles. The fourth-order valence-electron chi connectivity index (χ4n) is 3.10. The van der Waals surface area contributed by atoms with E-state index in [1.54, 1.807) is 25.4 Å². The first-order valence-corrected chi connectivity index (χ1v) is 6.81. The number of nitrogens with one attached hydrogen (secondary N) is 1. The second-order valence-corrected chi connectivity index (χ2v) is 5.23. The van der Waals surface area contributed by atoms with E-state index in [0.717, 1.165) is 19.6 Å². The Balaban J connectivity index is 1.77. The molecule has 19 heavy (non-hydrogen) atoms. The normalized spacial score (nSPS) is 26.1. The molecule has 3 heterocycles. The molecule has 0 aliphatic carbocycles. The van der Waals surface area contributed by atoms with Crippen molar-refractivity contribution >= 4 is 5.91 Å². The topological polar surface area (TPSA) is 54.5 Å². The lowest BCUT2D eigenvalue weighted by atomic mass is 9.94. The Hall–Kier alpha value is -1.62. The highest BCUT2D eigenvalue weighted by Crippen LogP contribution is 2.27. The summed E-state index contributed by atoms with van der Waals surface area (Å²) in [4.78, 5) is 18.6. The van der Waals surface area contributed by atoms with Gasteiger partial charge < -0.3 is 15.0 Å². The number of hydrogen-bond donors (Lipinski definition) is 1. The van der Waals surface area contributed by atoms with Gasteiger partial charge in [0.2, 0.25) is 5.88 Å². The zero-order chi connectivity index (χ0) is 13.2. The van der Waals surface area contributed by atoms with Crippen molar-refractivity contribution in [1.29, 1.82) is 0 Å². The molecule has 2 unspecified atom stereocenters. The van der Waals surface area contributed by atoms with Crippen molar-refractivity contribution in [2.75, 3.05) is 26.7 Å². The predicted octanol–water partition coefficient (Wildman–Crippen LogP) is 0.914. The summed E-state index contributed by atoms with van der Waals surface area (Å²) in [5.41, 5.74) is 0.559. The van der Waals surface area contributed by atoms with Crippen LogP contribution < -0.4 is 10.1 Å². The minimum Gasteiger partial charge on any atom is -0.480 e. The van der Waals surface area contributed by atoms with Gasteiger partial charge in [0.05, 0.1) is 7.11 Å². The van der Waals surface area contributed by atoms with E-state index in [2.05, 4.69) is 10.3 Å². The molecule has 1 N–H and O–H groups in total. The highest BCUT2D eigenvalue weighted by atomic mass is 16.5. The summed E-state index contributed by atoms with van der Waals surface area (Å²) < 4.78 is 5.17. The van der Waals surface area contributed by atoms with Gasteiger partial charge in [-0.1, -0.05) is 0 Å². The van der Waals surface area contributed by atoms with Crippen molar-refractivity contribution in [2.24, 2.45) is 5.92 Å². The van der Waals surface area contributed by atoms with Crippen molar-refractivity contribution < 1.29 is 9.53 Å². The van der Waals surface area contributed by atoms with Crippen LogP contribution in [0.3, 0.4) is 0 Å². The summed E-state index contributed by atoms with van der Waals surface area (Å²) in [6, 6.07) is 4.01. The van der Waals surface area contributed by atoms with E-state index in [1.165, 1.54) is 12.8 Å². The van der Waals surface area contributed by atoms with Crippen LogP contribution in [0, 0.1) is 5.92 Å². The molecular weight excluding hydrogens is 242 g/mol. The van der Waals surface area contributed by atoms with Crippen LogP contribution in [-0.4, -0.2) is 48.6 Å². The molecular formula is C14H19N3O2. The molecule has 3 rings (SSSR count). The second kappa shape index (κ2) is 5.17. The number of pyridine rings is 1. The van der Waals surface area contributed by atoms with Crippen molar-refractivity contribution in [3.63, 3.8) is 0 Å². The van der Waals surface area contributed by atoms with Gasteiger partial charge in [-0.3, -0.25) is 4.79 Å². The van der Waals surface area contributed by atoms with E-state index in [1.807, 2.05) is 4.90 Å². The summed E-state index contributed by atoms with van der Waals surface area (Å²) >= 11 is 0. The molecule has 1 amide bonds. The van der Waals surface area contributed by atoms with Crippen LogP contribution in [-0.2, 0) is 0 Å². The number of likely N-dealkylation sites (tertiary alicyclic amines) is 1. The number of nitrogens with zero attached hydrogens (tertiary/aromatic N) is 2. The minimum absolute atomic E-state index is 0.0288. The fourth-order valence-corrected chi connectivity index (χ4v) is 3.10. The van der Waals surface area contributed by atoms with E-state index in [-0.39, 0.29) is 5.91 Å². The number of carbonyl (C=O) groups is 1. The third-order valence-electron chi connectivity index (χ3n) is 4.08. The average Bonchev–Trinajstić information content (AvgIpc) is 2.90. The molecule has 102 valence electrons. The minimum atomic E-state index is 0.0288. The van der Waals surface area contributed by atoms with E-state index in [0.29, 0.717) is 23.4 Å². The molecule has 2 saturated heterocycles. The molecule has 5 heteroatoms. The maximum Gasteiger partial charge on any atom is 0.259 e. The van der Waals surface area contributed by atoms with E-state index in [9.17, 15) is 4.79 Å². The monoisotopic (exact) mass is 261 g/mol. The Bertz CT molecular complexity index is 464. The molecule has 1 aromatic rings. The van der Waals surface area contributed by atoms with Gasteiger partial charge in [0, 0.05) is 25.3 Å². The SMILES string of the molecule is COc1ncccc1C(=O)N1CC2CCCNC2C1. The molecule has 5 nitrogen and oxygen atoms in total. The Morgan fingerprint density at radius 2 is 2.42 bits per heavy atom. The number of carbonyl (C=O) groups excluding carboxylic acids is 1. The van der Waals surface area contributed by atoms with Crippen LogP contribution in [0.15, 0.2) is 18.3 Å². The summed E-state index contributed by atoms with van der Waals surface area (Å²) in [6.45, 7) is 2.70. The third-order valence-corrected chi connectivity index (χ3v) is 4.08. The van der Waals surface area contributed by atoms with E-state index >= 15 is 0 Å². The first-order chi connectivity index (χ1) is 9.29. The number of ether oxygens (including phenoxy) is 1. The van der Waals surface area contributed by atoms with Gasteiger partial charge in [0.15, 0.2) is 0 Å². The van der Waals surface area contributed by atoms with Gasteiger partial charge in [0.25, 0.3) is 5.91 Å². The van der Waals surface area contributed by atoms with E-state index in [4.69, 9.17) is 4.74 Å². The van der Waals surface area contributed by atoms with Gasteiger partial charge in [-0.05, 0) is 37.4 Å². The molecule has 0 radical (unpaired) electrons. The van der Waals surface area contributed by atoms with Crippen molar-refractivity contribution in [2.45, 2.75) is 18.9 Å². The molecule has 0 bridgehead atoms. The predicted molar refractivity (Wildman–Crippen MR) is 71.2 cm³/mol. The number of hydrogen-bond acceptors (Lipinski definition) is 4. The molecule has 2 atom stereocenters. The molecule has 2 fully saturated rings. The Morgan fingerprint density at radius 3 is 3.21 bits per heavy atom. The summed E-state index contributed by atoms with van der Waals surface area (Å²) in [6.07, 6.45) is 4.06. The number of fused-ring (bicyclic) bond motifs is 1. The smallest absolute Gasteiger partial charge is 0.259 e. The highest BCUT2D eigenvalue weighted by Gasteiger charge is 2.37. The lowest BCUT2D eigenvalue weighted by Gasteiger charge is -2.24. The van der Waals surface area contributed by atoms with Crippen LogP contribution >= 0.6 is 0 Å². The Kier molecular flexibility index (Phi) is 3.38. The first kappa shape index (κ1) is 12.4. The maximum absolute atomic E-state index is 12.5. The fraction of sp³-hybridized carbons (Fsp3) is 0.571. The van der Waals surface area contributed by atoms with Gasteiger partial charge in [-0.25, -0.2) is 4.98 Å². The summed E-state index contributed by atoms with van der Waals surface area (Å²) in [7, 11) is 1.55. The van der Waals surface area contributed by atoms with Crippen molar-refractivity contribution in [3.05, 3.63) is 23.9 Å². The lowest BCUT2D eigenvalue weighted by molar-refractivity contribution is 0.0781. The molecule has 0 spiro atoms. The quantitative estimate of drug-likeness (QED) is 0.860. The number of amides is 1. The van der Waals surface area contributed by atoms with Crippen molar-refractivity contribution in [3.8, 4) is 5.88 Å². The van der Waals surface area contributed by atoms with Gasteiger partial charge >= 0.3 is 0 Å². The standard InChI is InChI=1S/C14H19N3O2/c1-19-13-11(5-3-7-16-13)14(18)17-8-10-4-2-6-15-12(10)9-17/h3,5,7,10,12,15H,2,4,6,8-9H2,1H3. The first-order valence-electron chi connectivity index (χ1n) is 6.81. The molecule has 2 aliphatic rings. The molecule has 1 aromatic heterocycles. The Morgan fingerprint density at radius 1 is 1.53 bits per heavy atom. The summed E-state index contributed by atoms with van der Waals surface area (Å²) in [5, 5.41) is 3.51. The third kappa shape index (κ3) is 2.30. The van der Waals surface area contributed by atoms with Crippen LogP contribution in [0.25, 0.3) is 0 Å². The largest absolute Gasteiger partial charge is 0.480 e. The molecule has 0 saturated carbocycles. The van der Waals surface area contributed by atoms with Crippen LogP contribution in [0.4, 0.5) is 0 Å². The van der Waals surface area contributed by atoms with Gasteiger partial charge in [-0.2, -0.15) is 0 Å². The van der Waals surface area contributed by atoms with Crippen LogP contribution in [0.1, 0.15) is 23.2 Å². The van der Waals surface area contributed by atoms with E-state index < -0.39 is 0 Å². The second-order valence-electron chi connectivity index (χ2n) is 5.23. The zero-order valence-corrected chi connectivity index (χ0v) is 11.1. The summed E-state index contributed by atoms with van der Waals surface area (Å²) in [5.74, 6) is 1.04. The Labute approximate surface area is 113 Å². The zero-order valence-electron chi connectivity index (χ0n) is 11.1. The number of aromatic nitrogens is 1.